The largest absolute Gasteiger partial charge is 0.436 e. The molecule has 1 amide bonds. The Labute approximate surface area is 153 Å². The highest BCUT2D eigenvalue weighted by Gasteiger charge is 2.13. The number of rotatable bonds is 3. The first-order valence-corrected chi connectivity index (χ1v) is 8.20. The molecule has 0 saturated heterocycles. The molecule has 6 heteroatoms. The molecule has 0 fully saturated rings. The standard InChI is InChI=1S/C20H12ClFN2O2/c21-15-10-13(20-24-17-9-7-14(22)11-18(17)26-20)6-8-16(15)23-19(25)12-4-2-1-3-5-12/h1-11H,(H,23,25). The molecule has 1 aromatic heterocycles. The highest BCUT2D eigenvalue weighted by molar-refractivity contribution is 6.34. The second kappa shape index (κ2) is 6.61. The number of nitrogens with zero attached hydrogens (tertiary/aromatic N) is 1. The summed E-state index contributed by atoms with van der Waals surface area (Å²) in [7, 11) is 0. The fourth-order valence-electron chi connectivity index (χ4n) is 2.56. The Balaban J connectivity index is 1.62. The van der Waals surface area contributed by atoms with Gasteiger partial charge in [0.05, 0.1) is 10.7 Å². The minimum atomic E-state index is -0.391. The molecule has 0 spiro atoms. The molecule has 3 aromatic carbocycles. The first-order chi connectivity index (χ1) is 12.6. The topological polar surface area (TPSA) is 55.1 Å². The number of halogens is 2. The Morgan fingerprint density at radius 3 is 2.62 bits per heavy atom. The molecule has 4 nitrogen and oxygen atoms in total. The quantitative estimate of drug-likeness (QED) is 0.518. The Hall–Kier alpha value is -3.18. The summed E-state index contributed by atoms with van der Waals surface area (Å²) in [6, 6.07) is 18.0. The van der Waals surface area contributed by atoms with Crippen molar-refractivity contribution in [3.63, 3.8) is 0 Å². The van der Waals surface area contributed by atoms with E-state index >= 15 is 0 Å². The van der Waals surface area contributed by atoms with Crippen LogP contribution in [0.3, 0.4) is 0 Å². The SMILES string of the molecule is O=C(Nc1ccc(-c2nc3ccc(F)cc3o2)cc1Cl)c1ccccc1. The van der Waals surface area contributed by atoms with Crippen molar-refractivity contribution >= 4 is 34.3 Å². The summed E-state index contributed by atoms with van der Waals surface area (Å²) >= 11 is 6.29. The van der Waals surface area contributed by atoms with Crippen molar-refractivity contribution in [1.82, 2.24) is 4.98 Å². The molecule has 128 valence electrons. The summed E-state index contributed by atoms with van der Waals surface area (Å²) < 4.78 is 18.9. The molecular formula is C20H12ClFN2O2. The van der Waals surface area contributed by atoms with Crippen LogP contribution in [0.4, 0.5) is 10.1 Å². The maximum Gasteiger partial charge on any atom is 0.255 e. The number of benzene rings is 3. The van der Waals surface area contributed by atoms with Crippen molar-refractivity contribution in [1.29, 1.82) is 0 Å². The smallest absolute Gasteiger partial charge is 0.255 e. The van der Waals surface area contributed by atoms with E-state index in [1.807, 2.05) is 6.07 Å². The van der Waals surface area contributed by atoms with Gasteiger partial charge in [0, 0.05) is 17.2 Å². The van der Waals surface area contributed by atoms with E-state index in [4.69, 9.17) is 16.0 Å². The van der Waals surface area contributed by atoms with Gasteiger partial charge in [-0.3, -0.25) is 4.79 Å². The molecule has 0 radical (unpaired) electrons. The zero-order valence-electron chi connectivity index (χ0n) is 13.4. The van der Waals surface area contributed by atoms with Gasteiger partial charge >= 0.3 is 0 Å². The predicted octanol–water partition coefficient (Wildman–Crippen LogP) is 5.54. The van der Waals surface area contributed by atoms with Gasteiger partial charge in [0.1, 0.15) is 11.3 Å². The summed E-state index contributed by atoms with van der Waals surface area (Å²) in [6.45, 7) is 0. The molecule has 0 saturated carbocycles. The molecule has 0 aliphatic heterocycles. The number of aromatic nitrogens is 1. The number of amides is 1. The van der Waals surface area contributed by atoms with Crippen molar-refractivity contribution in [2.24, 2.45) is 0 Å². The van der Waals surface area contributed by atoms with Gasteiger partial charge in [-0.15, -0.1) is 0 Å². The minimum absolute atomic E-state index is 0.252. The Kier molecular flexibility index (Phi) is 4.14. The maximum atomic E-state index is 13.3. The van der Waals surface area contributed by atoms with Crippen molar-refractivity contribution in [2.45, 2.75) is 0 Å². The second-order valence-electron chi connectivity index (χ2n) is 5.65. The number of hydrogen-bond donors (Lipinski definition) is 1. The monoisotopic (exact) mass is 366 g/mol. The Bertz CT molecular complexity index is 1110. The molecule has 0 bridgehead atoms. The van der Waals surface area contributed by atoms with E-state index in [1.165, 1.54) is 12.1 Å². The predicted molar refractivity (Wildman–Crippen MR) is 98.8 cm³/mol. The highest BCUT2D eigenvalue weighted by Crippen LogP contribution is 2.30. The number of oxazole rings is 1. The molecule has 0 unspecified atom stereocenters. The molecule has 0 atom stereocenters. The zero-order valence-corrected chi connectivity index (χ0v) is 14.1. The summed E-state index contributed by atoms with van der Waals surface area (Å²) in [4.78, 5) is 16.6. The number of anilines is 1. The fraction of sp³-hybridized carbons (Fsp3) is 0. The van der Waals surface area contributed by atoms with Crippen LogP contribution in [-0.4, -0.2) is 10.9 Å². The third kappa shape index (κ3) is 3.17. The molecule has 1 N–H and O–H groups in total. The maximum absolute atomic E-state index is 13.3. The van der Waals surface area contributed by atoms with Crippen LogP contribution in [0.1, 0.15) is 10.4 Å². The summed E-state index contributed by atoms with van der Waals surface area (Å²) in [5.41, 5.74) is 2.56. The molecular weight excluding hydrogens is 355 g/mol. The second-order valence-corrected chi connectivity index (χ2v) is 6.05. The molecule has 4 rings (SSSR count). The van der Waals surface area contributed by atoms with Crippen molar-refractivity contribution in [2.75, 3.05) is 5.32 Å². The lowest BCUT2D eigenvalue weighted by Gasteiger charge is -2.08. The number of nitrogens with one attached hydrogen (secondary N) is 1. The number of carbonyl (C=O) groups excluding carboxylic acids is 1. The van der Waals surface area contributed by atoms with Gasteiger partial charge in [-0.2, -0.15) is 0 Å². The van der Waals surface area contributed by atoms with Crippen LogP contribution in [0.25, 0.3) is 22.6 Å². The van der Waals surface area contributed by atoms with Crippen LogP contribution in [0.15, 0.2) is 71.1 Å². The Morgan fingerprint density at radius 1 is 1.04 bits per heavy atom. The van der Waals surface area contributed by atoms with Gasteiger partial charge in [-0.25, -0.2) is 9.37 Å². The van der Waals surface area contributed by atoms with E-state index in [0.717, 1.165) is 0 Å². The van der Waals surface area contributed by atoms with Crippen LogP contribution in [-0.2, 0) is 0 Å². The van der Waals surface area contributed by atoms with Crippen LogP contribution in [0, 0.1) is 5.82 Å². The molecule has 26 heavy (non-hydrogen) atoms. The summed E-state index contributed by atoms with van der Waals surface area (Å²) in [5.74, 6) is -0.316. The van der Waals surface area contributed by atoms with Gasteiger partial charge in [0.15, 0.2) is 5.58 Å². The summed E-state index contributed by atoms with van der Waals surface area (Å²) in [5, 5.41) is 3.12. The third-order valence-electron chi connectivity index (χ3n) is 3.85. The number of fused-ring (bicyclic) bond motifs is 1. The molecule has 4 aromatic rings. The van der Waals surface area contributed by atoms with Gasteiger partial charge in [0.25, 0.3) is 5.91 Å². The van der Waals surface area contributed by atoms with E-state index in [1.54, 1.807) is 48.5 Å². The van der Waals surface area contributed by atoms with Crippen LogP contribution in [0.2, 0.25) is 5.02 Å². The number of hydrogen-bond acceptors (Lipinski definition) is 3. The lowest BCUT2D eigenvalue weighted by molar-refractivity contribution is 0.102. The normalized spacial score (nSPS) is 10.8. The zero-order chi connectivity index (χ0) is 18.1. The van der Waals surface area contributed by atoms with Gasteiger partial charge in [0.2, 0.25) is 5.89 Å². The van der Waals surface area contributed by atoms with E-state index in [-0.39, 0.29) is 5.91 Å². The number of carbonyl (C=O) groups is 1. The first-order valence-electron chi connectivity index (χ1n) is 7.82. The van der Waals surface area contributed by atoms with E-state index in [9.17, 15) is 9.18 Å². The molecule has 1 heterocycles. The Morgan fingerprint density at radius 2 is 1.85 bits per heavy atom. The van der Waals surface area contributed by atoms with Crippen molar-refractivity contribution in [3.05, 3.63) is 83.1 Å². The van der Waals surface area contributed by atoms with E-state index in [2.05, 4.69) is 10.3 Å². The van der Waals surface area contributed by atoms with Crippen LogP contribution in [0.5, 0.6) is 0 Å². The van der Waals surface area contributed by atoms with Gasteiger partial charge in [-0.1, -0.05) is 29.8 Å². The fourth-order valence-corrected chi connectivity index (χ4v) is 2.78. The third-order valence-corrected chi connectivity index (χ3v) is 4.16. The van der Waals surface area contributed by atoms with Crippen molar-refractivity contribution < 1.29 is 13.6 Å². The van der Waals surface area contributed by atoms with Gasteiger partial charge in [-0.05, 0) is 42.5 Å². The molecule has 0 aliphatic carbocycles. The van der Waals surface area contributed by atoms with E-state index < -0.39 is 5.82 Å². The van der Waals surface area contributed by atoms with Gasteiger partial charge < -0.3 is 9.73 Å². The van der Waals surface area contributed by atoms with E-state index in [0.29, 0.717) is 38.8 Å². The lowest BCUT2D eigenvalue weighted by atomic mass is 10.2. The minimum Gasteiger partial charge on any atom is -0.436 e. The van der Waals surface area contributed by atoms with Crippen LogP contribution >= 0.6 is 11.6 Å². The average Bonchev–Trinajstić information content (AvgIpc) is 3.07. The summed E-state index contributed by atoms with van der Waals surface area (Å²) in [6.07, 6.45) is 0. The highest BCUT2D eigenvalue weighted by atomic mass is 35.5. The molecule has 0 aliphatic rings. The first kappa shape index (κ1) is 16.3. The van der Waals surface area contributed by atoms with Crippen LogP contribution < -0.4 is 5.32 Å². The lowest BCUT2D eigenvalue weighted by Crippen LogP contribution is -2.11. The average molecular weight is 367 g/mol. The van der Waals surface area contributed by atoms with Crippen molar-refractivity contribution in [3.8, 4) is 11.5 Å².